The lowest BCUT2D eigenvalue weighted by atomic mass is 9.95. The van der Waals surface area contributed by atoms with Crippen molar-refractivity contribution in [2.75, 3.05) is 13.2 Å². The Balaban J connectivity index is 1.85. The molecule has 2 rings (SSSR count). The molecule has 1 atom stereocenters. The number of amides is 1. The second-order valence-corrected chi connectivity index (χ2v) is 6.99. The van der Waals surface area contributed by atoms with Gasteiger partial charge in [0.05, 0.1) is 11.6 Å². The van der Waals surface area contributed by atoms with Crippen molar-refractivity contribution >= 4 is 18.2 Å². The van der Waals surface area contributed by atoms with E-state index in [-0.39, 0.29) is 24.5 Å². The average molecular weight is 397 g/mol. The molecule has 2 aromatic carbocycles. The van der Waals surface area contributed by atoms with Gasteiger partial charge in [-0.25, -0.2) is 4.79 Å². The quantitative estimate of drug-likeness (QED) is 0.490. The Kier molecular flexibility index (Phi) is 8.40. The maximum absolute atomic E-state index is 12.3. The van der Waals surface area contributed by atoms with Crippen LogP contribution in [0.3, 0.4) is 0 Å². The van der Waals surface area contributed by atoms with E-state index in [2.05, 4.69) is 12.2 Å². The number of hydrogen-bond acceptors (Lipinski definition) is 5. The average Bonchev–Trinajstić information content (AvgIpc) is 2.74. The van der Waals surface area contributed by atoms with E-state index in [1.807, 2.05) is 38.1 Å². The Morgan fingerprint density at radius 2 is 1.72 bits per heavy atom. The number of hydrogen-bond donors (Lipinski definition) is 1. The molecule has 154 valence electrons. The molecule has 0 heterocycles. The number of aldehydes is 1. The SMILES string of the molecule is CCc1ccc([C@@H](NC(=O)COC(=O)COc2ccccc2C=O)C(C)C)cc1. The van der Waals surface area contributed by atoms with Gasteiger partial charge in [0.1, 0.15) is 5.75 Å². The number of rotatable bonds is 10. The smallest absolute Gasteiger partial charge is 0.344 e. The largest absolute Gasteiger partial charge is 0.481 e. The first-order valence-electron chi connectivity index (χ1n) is 9.65. The van der Waals surface area contributed by atoms with Gasteiger partial charge in [0.25, 0.3) is 5.91 Å². The van der Waals surface area contributed by atoms with E-state index < -0.39 is 12.6 Å². The molecule has 0 saturated heterocycles. The zero-order chi connectivity index (χ0) is 21.2. The number of benzene rings is 2. The zero-order valence-electron chi connectivity index (χ0n) is 17.0. The molecule has 0 aliphatic heterocycles. The molecule has 0 saturated carbocycles. The monoisotopic (exact) mass is 397 g/mol. The van der Waals surface area contributed by atoms with Crippen molar-refractivity contribution < 1.29 is 23.9 Å². The van der Waals surface area contributed by atoms with Crippen LogP contribution in [-0.2, 0) is 20.7 Å². The highest BCUT2D eigenvalue weighted by Crippen LogP contribution is 2.22. The highest BCUT2D eigenvalue weighted by Gasteiger charge is 2.19. The summed E-state index contributed by atoms with van der Waals surface area (Å²) in [5, 5.41) is 2.91. The third-order valence-corrected chi connectivity index (χ3v) is 4.49. The van der Waals surface area contributed by atoms with Gasteiger partial charge in [-0.2, -0.15) is 0 Å². The summed E-state index contributed by atoms with van der Waals surface area (Å²) in [6.07, 6.45) is 1.60. The summed E-state index contributed by atoms with van der Waals surface area (Å²) in [4.78, 5) is 35.1. The molecule has 0 radical (unpaired) electrons. The number of carbonyl (C=O) groups excluding carboxylic acids is 3. The van der Waals surface area contributed by atoms with Crippen LogP contribution in [0.15, 0.2) is 48.5 Å². The zero-order valence-corrected chi connectivity index (χ0v) is 17.0. The summed E-state index contributed by atoms with van der Waals surface area (Å²) in [6, 6.07) is 14.5. The molecule has 0 fully saturated rings. The minimum atomic E-state index is -0.686. The lowest BCUT2D eigenvalue weighted by Gasteiger charge is -2.23. The van der Waals surface area contributed by atoms with Crippen LogP contribution in [0.25, 0.3) is 0 Å². The third-order valence-electron chi connectivity index (χ3n) is 4.49. The van der Waals surface area contributed by atoms with E-state index in [9.17, 15) is 14.4 Å². The van der Waals surface area contributed by atoms with Crippen LogP contribution < -0.4 is 10.1 Å². The molecule has 0 aliphatic carbocycles. The number of aryl methyl sites for hydroxylation is 1. The number of esters is 1. The molecule has 6 nitrogen and oxygen atoms in total. The number of nitrogens with one attached hydrogen (secondary N) is 1. The Labute approximate surface area is 171 Å². The molecule has 0 aliphatic rings. The maximum atomic E-state index is 12.3. The first kappa shape index (κ1) is 22.1. The van der Waals surface area contributed by atoms with Crippen LogP contribution >= 0.6 is 0 Å². The van der Waals surface area contributed by atoms with Crippen molar-refractivity contribution in [1.29, 1.82) is 0 Å². The summed E-state index contributed by atoms with van der Waals surface area (Å²) < 4.78 is 10.3. The van der Waals surface area contributed by atoms with Gasteiger partial charge in [-0.1, -0.05) is 57.2 Å². The van der Waals surface area contributed by atoms with Crippen LogP contribution in [0.5, 0.6) is 5.75 Å². The fraction of sp³-hybridized carbons (Fsp3) is 0.348. The van der Waals surface area contributed by atoms with E-state index in [1.54, 1.807) is 24.3 Å². The molecule has 0 bridgehead atoms. The molecule has 0 aromatic heterocycles. The Hall–Kier alpha value is -3.15. The molecule has 0 spiro atoms. The molecule has 2 aromatic rings. The summed E-state index contributed by atoms with van der Waals surface area (Å²) in [5.41, 5.74) is 2.57. The predicted octanol–water partition coefficient (Wildman–Crippen LogP) is 3.50. The van der Waals surface area contributed by atoms with Gasteiger partial charge in [0.2, 0.25) is 0 Å². The van der Waals surface area contributed by atoms with Crippen molar-refractivity contribution in [3.05, 3.63) is 65.2 Å². The predicted molar refractivity (Wildman–Crippen MR) is 110 cm³/mol. The Morgan fingerprint density at radius 1 is 1.03 bits per heavy atom. The molecular weight excluding hydrogens is 370 g/mol. The highest BCUT2D eigenvalue weighted by atomic mass is 16.6. The summed E-state index contributed by atoms with van der Waals surface area (Å²) in [5.74, 6) is -0.608. The van der Waals surface area contributed by atoms with Crippen LogP contribution in [0.4, 0.5) is 0 Å². The number of carbonyl (C=O) groups is 3. The van der Waals surface area contributed by atoms with Crippen molar-refractivity contribution in [2.24, 2.45) is 5.92 Å². The van der Waals surface area contributed by atoms with Crippen LogP contribution in [0.1, 0.15) is 48.3 Å². The van der Waals surface area contributed by atoms with Crippen molar-refractivity contribution in [3.8, 4) is 5.75 Å². The summed E-state index contributed by atoms with van der Waals surface area (Å²) in [7, 11) is 0. The van der Waals surface area contributed by atoms with Gasteiger partial charge in [-0.15, -0.1) is 0 Å². The van der Waals surface area contributed by atoms with Gasteiger partial charge >= 0.3 is 5.97 Å². The molecular formula is C23H27NO5. The Morgan fingerprint density at radius 3 is 2.34 bits per heavy atom. The maximum Gasteiger partial charge on any atom is 0.344 e. The van der Waals surface area contributed by atoms with Crippen molar-refractivity contribution in [2.45, 2.75) is 33.2 Å². The van der Waals surface area contributed by atoms with Gasteiger partial charge < -0.3 is 14.8 Å². The van der Waals surface area contributed by atoms with E-state index in [1.165, 1.54) is 5.56 Å². The number of para-hydroxylation sites is 1. The third kappa shape index (κ3) is 6.75. The second kappa shape index (κ2) is 11.0. The van der Waals surface area contributed by atoms with E-state index >= 15 is 0 Å². The van der Waals surface area contributed by atoms with Gasteiger partial charge in [0.15, 0.2) is 19.5 Å². The fourth-order valence-corrected chi connectivity index (χ4v) is 2.84. The van der Waals surface area contributed by atoms with Crippen molar-refractivity contribution in [1.82, 2.24) is 5.32 Å². The standard InChI is InChI=1S/C23H27NO5/c1-4-17-9-11-18(12-10-17)23(16(2)3)24-21(26)14-29-22(27)15-28-20-8-6-5-7-19(20)13-25/h5-13,16,23H,4,14-15H2,1-3H3,(H,24,26)/t23-/m0/s1. The van der Waals surface area contributed by atoms with E-state index in [4.69, 9.17) is 9.47 Å². The number of ether oxygens (including phenoxy) is 2. The normalized spacial score (nSPS) is 11.6. The summed E-state index contributed by atoms with van der Waals surface area (Å²) >= 11 is 0. The van der Waals surface area contributed by atoms with E-state index in [0.29, 0.717) is 17.6 Å². The molecule has 29 heavy (non-hydrogen) atoms. The topological polar surface area (TPSA) is 81.7 Å². The first-order valence-corrected chi connectivity index (χ1v) is 9.65. The Bertz CT molecular complexity index is 829. The summed E-state index contributed by atoms with van der Waals surface area (Å²) in [6.45, 7) is 5.34. The fourth-order valence-electron chi connectivity index (χ4n) is 2.84. The van der Waals surface area contributed by atoms with E-state index in [0.717, 1.165) is 12.0 Å². The van der Waals surface area contributed by atoms with Gasteiger partial charge in [0, 0.05) is 0 Å². The lowest BCUT2D eigenvalue weighted by molar-refractivity contribution is -0.150. The lowest BCUT2D eigenvalue weighted by Crippen LogP contribution is -2.35. The van der Waals surface area contributed by atoms with Crippen LogP contribution in [-0.4, -0.2) is 31.4 Å². The van der Waals surface area contributed by atoms with Gasteiger partial charge in [-0.05, 0) is 35.6 Å². The van der Waals surface area contributed by atoms with Crippen molar-refractivity contribution in [3.63, 3.8) is 0 Å². The molecule has 1 N–H and O–H groups in total. The second-order valence-electron chi connectivity index (χ2n) is 6.99. The molecule has 0 unspecified atom stereocenters. The first-order chi connectivity index (χ1) is 13.9. The van der Waals surface area contributed by atoms with Crippen LogP contribution in [0.2, 0.25) is 0 Å². The highest BCUT2D eigenvalue weighted by molar-refractivity contribution is 5.82. The minimum absolute atomic E-state index is 0.172. The van der Waals surface area contributed by atoms with Gasteiger partial charge in [-0.3, -0.25) is 9.59 Å². The van der Waals surface area contributed by atoms with Crippen LogP contribution in [0, 0.1) is 5.92 Å². The molecule has 6 heteroatoms. The minimum Gasteiger partial charge on any atom is -0.481 e. The molecule has 1 amide bonds.